The zero-order valence-corrected chi connectivity index (χ0v) is 15.2. The summed E-state index contributed by atoms with van der Waals surface area (Å²) in [7, 11) is 0. The van der Waals surface area contributed by atoms with Crippen molar-refractivity contribution in [2.45, 2.75) is 32.5 Å². The molecule has 8 heteroatoms. The fourth-order valence-electron chi connectivity index (χ4n) is 2.93. The highest BCUT2D eigenvalue weighted by Gasteiger charge is 2.34. The monoisotopic (exact) mass is 388 g/mol. The second-order valence-corrected chi connectivity index (χ2v) is 6.70. The standard InChI is InChI=1S/C16H21ClF4N2.ClH/c1-10(2)7-14(23-5-3-22-4-6-23)12-8-11(16(19,20)21)9-13(17)15(12)18;/h8-10,14,22H,3-7H2,1-2H3;1H/t14-;/m1./s1. The molecule has 0 aromatic heterocycles. The maximum Gasteiger partial charge on any atom is 0.416 e. The summed E-state index contributed by atoms with van der Waals surface area (Å²) in [6.45, 7) is 6.77. The molecule has 0 radical (unpaired) electrons. The molecular formula is C16H22Cl2F4N2. The first kappa shape index (κ1) is 21.5. The Bertz CT molecular complexity index is 544. The van der Waals surface area contributed by atoms with Gasteiger partial charge >= 0.3 is 6.18 Å². The molecule has 0 aliphatic carbocycles. The SMILES string of the molecule is CC(C)C[C@H](c1cc(C(F)(F)F)cc(Cl)c1F)N1CCNCC1.Cl. The lowest BCUT2D eigenvalue weighted by Crippen LogP contribution is -2.45. The molecule has 1 aromatic rings. The molecule has 138 valence electrons. The highest BCUT2D eigenvalue weighted by molar-refractivity contribution is 6.30. The van der Waals surface area contributed by atoms with E-state index in [1.54, 1.807) is 0 Å². The topological polar surface area (TPSA) is 15.3 Å². The predicted octanol–water partition coefficient (Wildman–Crippen LogP) is 4.91. The van der Waals surface area contributed by atoms with Crippen LogP contribution < -0.4 is 5.32 Å². The Labute approximate surface area is 151 Å². The molecule has 1 atom stereocenters. The van der Waals surface area contributed by atoms with Crippen LogP contribution in [0.25, 0.3) is 0 Å². The zero-order chi connectivity index (χ0) is 17.2. The number of halogens is 6. The quantitative estimate of drug-likeness (QED) is 0.736. The first-order valence-corrected chi connectivity index (χ1v) is 8.09. The van der Waals surface area contributed by atoms with E-state index in [0.717, 1.165) is 19.2 Å². The van der Waals surface area contributed by atoms with Crippen molar-refractivity contribution in [2.24, 2.45) is 5.92 Å². The number of piperazine rings is 1. The van der Waals surface area contributed by atoms with E-state index in [1.807, 2.05) is 18.7 Å². The molecule has 0 spiro atoms. The molecule has 2 nitrogen and oxygen atoms in total. The summed E-state index contributed by atoms with van der Waals surface area (Å²) in [6.07, 6.45) is -3.97. The number of nitrogens with zero attached hydrogens (tertiary/aromatic N) is 1. The molecule has 1 aliphatic rings. The van der Waals surface area contributed by atoms with Crippen molar-refractivity contribution in [1.82, 2.24) is 10.2 Å². The maximum atomic E-state index is 14.5. The summed E-state index contributed by atoms with van der Waals surface area (Å²) < 4.78 is 53.6. The summed E-state index contributed by atoms with van der Waals surface area (Å²) in [5.41, 5.74) is -0.858. The zero-order valence-electron chi connectivity index (χ0n) is 13.6. The summed E-state index contributed by atoms with van der Waals surface area (Å²) in [6, 6.07) is 1.16. The summed E-state index contributed by atoms with van der Waals surface area (Å²) in [5, 5.41) is 2.72. The molecule has 1 N–H and O–H groups in total. The third-order valence-corrected chi connectivity index (χ3v) is 4.30. The number of hydrogen-bond acceptors (Lipinski definition) is 2. The largest absolute Gasteiger partial charge is 0.416 e. The van der Waals surface area contributed by atoms with E-state index in [-0.39, 0.29) is 23.9 Å². The molecule has 1 fully saturated rings. The number of hydrogen-bond donors (Lipinski definition) is 1. The van der Waals surface area contributed by atoms with Crippen molar-refractivity contribution in [3.63, 3.8) is 0 Å². The van der Waals surface area contributed by atoms with Crippen LogP contribution in [0, 0.1) is 11.7 Å². The highest BCUT2D eigenvalue weighted by Crippen LogP contribution is 2.38. The van der Waals surface area contributed by atoms with Gasteiger partial charge in [0.2, 0.25) is 0 Å². The van der Waals surface area contributed by atoms with E-state index in [1.165, 1.54) is 0 Å². The Morgan fingerprint density at radius 1 is 1.21 bits per heavy atom. The van der Waals surface area contributed by atoms with Gasteiger partial charge in [-0.25, -0.2) is 4.39 Å². The van der Waals surface area contributed by atoms with Crippen LogP contribution in [0.4, 0.5) is 17.6 Å². The van der Waals surface area contributed by atoms with Crippen LogP contribution in [0.1, 0.15) is 37.4 Å². The van der Waals surface area contributed by atoms with Crippen molar-refractivity contribution >= 4 is 24.0 Å². The van der Waals surface area contributed by atoms with Gasteiger partial charge in [0.05, 0.1) is 10.6 Å². The maximum absolute atomic E-state index is 14.5. The van der Waals surface area contributed by atoms with Crippen LogP contribution in [0.2, 0.25) is 5.02 Å². The van der Waals surface area contributed by atoms with Gasteiger partial charge in [0, 0.05) is 37.8 Å². The van der Waals surface area contributed by atoms with Gasteiger partial charge in [-0.15, -0.1) is 12.4 Å². The van der Waals surface area contributed by atoms with E-state index in [4.69, 9.17) is 11.6 Å². The van der Waals surface area contributed by atoms with Crippen molar-refractivity contribution in [2.75, 3.05) is 26.2 Å². The van der Waals surface area contributed by atoms with Crippen LogP contribution in [0.15, 0.2) is 12.1 Å². The molecular weight excluding hydrogens is 367 g/mol. The van der Waals surface area contributed by atoms with E-state index in [0.29, 0.717) is 25.6 Å². The highest BCUT2D eigenvalue weighted by atomic mass is 35.5. The lowest BCUT2D eigenvalue weighted by atomic mass is 9.93. The number of nitrogens with one attached hydrogen (secondary N) is 1. The Kier molecular flexibility index (Phi) is 7.78. The van der Waals surface area contributed by atoms with Crippen molar-refractivity contribution in [3.05, 3.63) is 34.1 Å². The van der Waals surface area contributed by atoms with Crippen LogP contribution in [-0.2, 0) is 6.18 Å². The van der Waals surface area contributed by atoms with Gasteiger partial charge in [-0.05, 0) is 24.5 Å². The fourth-order valence-corrected chi connectivity index (χ4v) is 3.16. The van der Waals surface area contributed by atoms with Gasteiger partial charge in [0.1, 0.15) is 5.82 Å². The number of rotatable bonds is 4. The molecule has 1 aliphatic heterocycles. The Morgan fingerprint density at radius 2 is 1.79 bits per heavy atom. The Hall–Kier alpha value is -0.560. The molecule has 0 unspecified atom stereocenters. The molecule has 0 saturated carbocycles. The van der Waals surface area contributed by atoms with Crippen molar-refractivity contribution in [3.8, 4) is 0 Å². The third-order valence-electron chi connectivity index (χ3n) is 4.03. The lowest BCUT2D eigenvalue weighted by Gasteiger charge is -2.36. The summed E-state index contributed by atoms with van der Waals surface area (Å²) in [5.74, 6) is -0.522. The molecule has 0 bridgehead atoms. The van der Waals surface area contributed by atoms with Crippen molar-refractivity contribution in [1.29, 1.82) is 0 Å². The third kappa shape index (κ3) is 5.22. The molecule has 1 heterocycles. The normalized spacial score (nSPS) is 17.7. The smallest absolute Gasteiger partial charge is 0.314 e. The van der Waals surface area contributed by atoms with Crippen molar-refractivity contribution < 1.29 is 17.6 Å². The van der Waals surface area contributed by atoms with Gasteiger partial charge in [0.15, 0.2) is 0 Å². The van der Waals surface area contributed by atoms with Gasteiger partial charge in [0.25, 0.3) is 0 Å². The minimum atomic E-state index is -4.54. The van der Waals surface area contributed by atoms with Crippen LogP contribution in [0.5, 0.6) is 0 Å². The molecule has 0 amide bonds. The van der Waals surface area contributed by atoms with Gasteiger partial charge in [-0.1, -0.05) is 25.4 Å². The van der Waals surface area contributed by atoms with E-state index < -0.39 is 28.6 Å². The number of benzene rings is 1. The van der Waals surface area contributed by atoms with Gasteiger partial charge < -0.3 is 5.32 Å². The van der Waals surface area contributed by atoms with Gasteiger partial charge in [-0.3, -0.25) is 4.90 Å². The molecule has 1 saturated heterocycles. The summed E-state index contributed by atoms with van der Waals surface area (Å²) in [4.78, 5) is 2.03. The Morgan fingerprint density at radius 3 is 2.29 bits per heavy atom. The minimum Gasteiger partial charge on any atom is -0.314 e. The molecule has 24 heavy (non-hydrogen) atoms. The van der Waals surface area contributed by atoms with Crippen LogP contribution in [-0.4, -0.2) is 31.1 Å². The van der Waals surface area contributed by atoms with Crippen LogP contribution in [0.3, 0.4) is 0 Å². The average molecular weight is 389 g/mol. The predicted molar refractivity (Wildman–Crippen MR) is 90.3 cm³/mol. The molecule has 1 aromatic carbocycles. The fraction of sp³-hybridized carbons (Fsp3) is 0.625. The lowest BCUT2D eigenvalue weighted by molar-refractivity contribution is -0.137. The summed E-state index contributed by atoms with van der Waals surface area (Å²) >= 11 is 5.74. The van der Waals surface area contributed by atoms with Crippen LogP contribution >= 0.6 is 24.0 Å². The number of alkyl halides is 3. The van der Waals surface area contributed by atoms with E-state index >= 15 is 0 Å². The minimum absolute atomic E-state index is 0. The first-order valence-electron chi connectivity index (χ1n) is 7.71. The second kappa shape index (κ2) is 8.70. The second-order valence-electron chi connectivity index (χ2n) is 6.29. The first-order chi connectivity index (χ1) is 10.7. The average Bonchev–Trinajstić information content (AvgIpc) is 2.47. The Balaban J connectivity index is 0.00000288. The molecule has 2 rings (SSSR count). The van der Waals surface area contributed by atoms with E-state index in [9.17, 15) is 17.6 Å². The van der Waals surface area contributed by atoms with Gasteiger partial charge in [-0.2, -0.15) is 13.2 Å². The van der Waals surface area contributed by atoms with E-state index in [2.05, 4.69) is 5.32 Å².